The number of nitrogens with one attached hydrogen (secondary N) is 1. The lowest BCUT2D eigenvalue weighted by molar-refractivity contribution is -0.118. The van der Waals surface area contributed by atoms with E-state index in [4.69, 9.17) is 0 Å². The van der Waals surface area contributed by atoms with E-state index in [1.54, 1.807) is 12.1 Å². The lowest BCUT2D eigenvalue weighted by atomic mass is 9.87. The zero-order valence-electron chi connectivity index (χ0n) is 17.8. The standard InChI is InChI=1S/C24H24F2N2O3S2/c25-19-12-14(13-20(19)26)11-18(15-5-7-16(8-6-15)33(30,31)17-9-10-17)23(29)28-24-27-21-3-1-2-4-22(21)32-24/h1-8,14,17-20H,9-13H2,(H,27,28,29)/t14-,18-,19+,20-/m1/s1. The Morgan fingerprint density at radius 1 is 1.06 bits per heavy atom. The van der Waals surface area contributed by atoms with E-state index in [2.05, 4.69) is 10.3 Å². The maximum absolute atomic E-state index is 13.8. The largest absolute Gasteiger partial charge is 0.301 e. The van der Waals surface area contributed by atoms with E-state index in [0.717, 1.165) is 10.2 Å². The molecular weight excluding hydrogens is 466 g/mol. The number of carbonyl (C=O) groups is 1. The van der Waals surface area contributed by atoms with Crippen LogP contribution in [0.25, 0.3) is 10.2 Å². The lowest BCUT2D eigenvalue weighted by Gasteiger charge is -2.20. The van der Waals surface area contributed by atoms with E-state index in [9.17, 15) is 22.0 Å². The quantitative estimate of drug-likeness (QED) is 0.479. The summed E-state index contributed by atoms with van der Waals surface area (Å²) < 4.78 is 53.6. The fraction of sp³-hybridized carbons (Fsp3) is 0.417. The first-order chi connectivity index (χ1) is 15.8. The summed E-state index contributed by atoms with van der Waals surface area (Å²) >= 11 is 1.36. The van der Waals surface area contributed by atoms with Gasteiger partial charge in [-0.1, -0.05) is 35.6 Å². The molecule has 2 aromatic carbocycles. The van der Waals surface area contributed by atoms with Gasteiger partial charge in [-0.2, -0.15) is 0 Å². The molecular formula is C24H24F2N2O3S2. The van der Waals surface area contributed by atoms with Crippen molar-refractivity contribution in [3.8, 4) is 0 Å². The Balaban J connectivity index is 1.40. The Bertz CT molecular complexity index is 1230. The van der Waals surface area contributed by atoms with Crippen LogP contribution in [0.4, 0.5) is 13.9 Å². The number of anilines is 1. The van der Waals surface area contributed by atoms with Gasteiger partial charge in [0.05, 0.1) is 26.3 Å². The normalized spacial score (nSPS) is 24.1. The fourth-order valence-corrected chi connectivity index (χ4v) is 7.05. The molecule has 174 valence electrons. The number of halogens is 2. The van der Waals surface area contributed by atoms with Gasteiger partial charge in [0.25, 0.3) is 0 Å². The van der Waals surface area contributed by atoms with Gasteiger partial charge in [0, 0.05) is 0 Å². The highest BCUT2D eigenvalue weighted by atomic mass is 32.2. The number of fused-ring (bicyclic) bond motifs is 1. The highest BCUT2D eigenvalue weighted by molar-refractivity contribution is 7.92. The molecule has 0 spiro atoms. The van der Waals surface area contributed by atoms with Gasteiger partial charge in [-0.15, -0.1) is 0 Å². The number of carbonyl (C=O) groups excluding carboxylic acids is 1. The SMILES string of the molecule is O=C(Nc1nc2ccccc2s1)[C@H](C[C@H]1C[C@@H](F)[C@@H](F)C1)c1ccc(S(=O)(=O)C2CC2)cc1. The number of alkyl halides is 2. The van der Waals surface area contributed by atoms with E-state index in [-0.39, 0.29) is 41.2 Å². The van der Waals surface area contributed by atoms with Gasteiger partial charge in [-0.3, -0.25) is 4.79 Å². The van der Waals surface area contributed by atoms with Gasteiger partial charge >= 0.3 is 0 Å². The second kappa shape index (κ2) is 8.76. The van der Waals surface area contributed by atoms with Gasteiger partial charge < -0.3 is 5.32 Å². The number of amides is 1. The maximum atomic E-state index is 13.8. The average Bonchev–Trinajstić information content (AvgIpc) is 3.51. The van der Waals surface area contributed by atoms with E-state index >= 15 is 0 Å². The highest BCUT2D eigenvalue weighted by Gasteiger charge is 2.38. The molecule has 5 nitrogen and oxygen atoms in total. The van der Waals surface area contributed by atoms with E-state index in [1.165, 1.54) is 23.5 Å². The van der Waals surface area contributed by atoms with Crippen LogP contribution in [-0.4, -0.2) is 36.9 Å². The van der Waals surface area contributed by atoms with Crippen LogP contribution in [0.15, 0.2) is 53.4 Å². The van der Waals surface area contributed by atoms with Gasteiger partial charge in [0.1, 0.15) is 12.3 Å². The minimum absolute atomic E-state index is 0.0836. The Labute approximate surface area is 195 Å². The summed E-state index contributed by atoms with van der Waals surface area (Å²) in [6, 6.07) is 13.9. The number of sulfone groups is 1. The molecule has 2 fully saturated rings. The van der Waals surface area contributed by atoms with Crippen molar-refractivity contribution in [3.05, 3.63) is 54.1 Å². The predicted octanol–water partition coefficient (Wildman–Crippen LogP) is 5.43. The molecule has 5 rings (SSSR count). The molecule has 0 radical (unpaired) electrons. The second-order valence-corrected chi connectivity index (χ2v) is 12.2. The van der Waals surface area contributed by atoms with Crippen LogP contribution in [-0.2, 0) is 14.6 Å². The summed E-state index contributed by atoms with van der Waals surface area (Å²) in [5.74, 6) is -1.25. The summed E-state index contributed by atoms with van der Waals surface area (Å²) in [6.07, 6.45) is -1.21. The predicted molar refractivity (Wildman–Crippen MR) is 125 cm³/mol. The van der Waals surface area contributed by atoms with Crippen LogP contribution < -0.4 is 5.32 Å². The monoisotopic (exact) mass is 490 g/mol. The van der Waals surface area contributed by atoms with E-state index < -0.39 is 28.1 Å². The number of nitrogens with zero attached hydrogens (tertiary/aromatic N) is 1. The van der Waals surface area contributed by atoms with Crippen molar-refractivity contribution in [3.63, 3.8) is 0 Å². The number of para-hydroxylation sites is 1. The Morgan fingerprint density at radius 2 is 1.73 bits per heavy atom. The first kappa shape index (κ1) is 22.4. The number of hydrogen-bond acceptors (Lipinski definition) is 5. The Hall–Kier alpha value is -2.39. The third-order valence-electron chi connectivity index (χ3n) is 6.49. The molecule has 0 bridgehead atoms. The van der Waals surface area contributed by atoms with Crippen molar-refractivity contribution in [1.29, 1.82) is 0 Å². The van der Waals surface area contributed by atoms with Crippen LogP contribution in [0.1, 0.15) is 43.6 Å². The van der Waals surface area contributed by atoms with Crippen molar-refractivity contribution >= 4 is 42.4 Å². The molecule has 1 heterocycles. The summed E-state index contributed by atoms with van der Waals surface area (Å²) in [6.45, 7) is 0. The zero-order valence-corrected chi connectivity index (χ0v) is 19.4. The van der Waals surface area contributed by atoms with Crippen molar-refractivity contribution in [2.75, 3.05) is 5.32 Å². The molecule has 3 aromatic rings. The van der Waals surface area contributed by atoms with Crippen molar-refractivity contribution in [2.24, 2.45) is 5.92 Å². The van der Waals surface area contributed by atoms with Crippen molar-refractivity contribution in [1.82, 2.24) is 4.98 Å². The number of rotatable bonds is 7. The molecule has 9 heteroatoms. The first-order valence-corrected chi connectivity index (χ1v) is 13.5. The Morgan fingerprint density at radius 3 is 2.36 bits per heavy atom. The van der Waals surface area contributed by atoms with Gasteiger partial charge in [0.15, 0.2) is 15.0 Å². The third-order valence-corrected chi connectivity index (χ3v) is 9.72. The van der Waals surface area contributed by atoms with Crippen LogP contribution in [0.2, 0.25) is 0 Å². The molecule has 2 aliphatic carbocycles. The first-order valence-electron chi connectivity index (χ1n) is 11.1. The number of thiazole rings is 1. The minimum atomic E-state index is -3.34. The van der Waals surface area contributed by atoms with Crippen molar-refractivity contribution < 1.29 is 22.0 Å². The molecule has 0 unspecified atom stereocenters. The van der Waals surface area contributed by atoms with Gasteiger partial charge in [0.2, 0.25) is 5.91 Å². The number of benzene rings is 2. The average molecular weight is 491 g/mol. The summed E-state index contributed by atoms with van der Waals surface area (Å²) in [4.78, 5) is 18.0. The molecule has 0 saturated heterocycles. The van der Waals surface area contributed by atoms with Gasteiger partial charge in [-0.05, 0) is 67.9 Å². The summed E-state index contributed by atoms with van der Waals surface area (Å²) in [5.41, 5.74) is 1.40. The molecule has 1 aromatic heterocycles. The lowest BCUT2D eigenvalue weighted by Crippen LogP contribution is -2.23. The van der Waals surface area contributed by atoms with Crippen LogP contribution in [0.3, 0.4) is 0 Å². The molecule has 0 aliphatic heterocycles. The third kappa shape index (κ3) is 4.66. The molecule has 33 heavy (non-hydrogen) atoms. The van der Waals surface area contributed by atoms with E-state index in [0.29, 0.717) is 23.5 Å². The van der Waals surface area contributed by atoms with Crippen LogP contribution in [0, 0.1) is 5.92 Å². The smallest absolute Gasteiger partial charge is 0.233 e. The Kier molecular flexibility index (Phi) is 5.95. The van der Waals surface area contributed by atoms with Crippen LogP contribution in [0.5, 0.6) is 0 Å². The molecule has 1 amide bonds. The molecule has 2 saturated carbocycles. The second-order valence-electron chi connectivity index (χ2n) is 8.95. The highest BCUT2D eigenvalue weighted by Crippen LogP contribution is 2.39. The molecule has 2 aliphatic rings. The maximum Gasteiger partial charge on any atom is 0.233 e. The summed E-state index contributed by atoms with van der Waals surface area (Å²) in [5, 5.41) is 3.00. The zero-order chi connectivity index (χ0) is 23.2. The minimum Gasteiger partial charge on any atom is -0.301 e. The fourth-order valence-electron chi connectivity index (χ4n) is 4.53. The van der Waals surface area contributed by atoms with E-state index in [1.807, 2.05) is 24.3 Å². The summed E-state index contributed by atoms with van der Waals surface area (Å²) in [7, 11) is -3.34. The van der Waals surface area contributed by atoms with Gasteiger partial charge in [-0.25, -0.2) is 22.2 Å². The number of hydrogen-bond donors (Lipinski definition) is 1. The topological polar surface area (TPSA) is 76.1 Å². The molecule has 4 atom stereocenters. The molecule has 1 N–H and O–H groups in total. The number of aromatic nitrogens is 1. The van der Waals surface area contributed by atoms with Crippen LogP contribution >= 0.6 is 11.3 Å². The van der Waals surface area contributed by atoms with Crippen molar-refractivity contribution in [2.45, 2.75) is 60.5 Å².